The van der Waals surface area contributed by atoms with E-state index in [2.05, 4.69) is 48.1 Å². The van der Waals surface area contributed by atoms with Crippen molar-refractivity contribution >= 4 is 0 Å². The fraction of sp³-hybridized carbons (Fsp3) is 0.375. The monoisotopic (exact) mass is 255 g/mol. The molecule has 2 aromatic rings. The third-order valence-corrected chi connectivity index (χ3v) is 3.34. The molecule has 1 heterocycles. The minimum absolute atomic E-state index is 0.0302. The first-order valence-corrected chi connectivity index (χ1v) is 6.68. The Morgan fingerprint density at radius 3 is 2.16 bits per heavy atom. The molecular formula is C16H21N3. The van der Waals surface area contributed by atoms with Gasteiger partial charge in [0.1, 0.15) is 0 Å². The molecule has 1 aromatic carbocycles. The molecule has 0 saturated carbocycles. The lowest BCUT2D eigenvalue weighted by Crippen LogP contribution is -2.09. The highest BCUT2D eigenvalue weighted by Crippen LogP contribution is 2.21. The van der Waals surface area contributed by atoms with Gasteiger partial charge in [-0.05, 0) is 25.3 Å². The van der Waals surface area contributed by atoms with Crippen molar-refractivity contribution < 1.29 is 0 Å². The zero-order valence-electron chi connectivity index (χ0n) is 12.0. The van der Waals surface area contributed by atoms with Gasteiger partial charge in [0.05, 0.1) is 0 Å². The van der Waals surface area contributed by atoms with Gasteiger partial charge < -0.3 is 5.73 Å². The molecule has 2 rings (SSSR count). The molecule has 0 bridgehead atoms. The SMILES string of the molecule is Cc1nc(-c2ccc(C(C)C)cc2)ncc1[C@H](C)N. The summed E-state index contributed by atoms with van der Waals surface area (Å²) in [5.74, 6) is 1.30. The molecule has 0 fully saturated rings. The highest BCUT2D eigenvalue weighted by Gasteiger charge is 2.09. The van der Waals surface area contributed by atoms with Crippen molar-refractivity contribution in [3.05, 3.63) is 47.3 Å². The van der Waals surface area contributed by atoms with E-state index in [0.717, 1.165) is 22.6 Å². The second kappa shape index (κ2) is 5.49. The van der Waals surface area contributed by atoms with Gasteiger partial charge in [-0.1, -0.05) is 38.1 Å². The number of hydrogen-bond acceptors (Lipinski definition) is 3. The molecule has 0 aliphatic heterocycles. The summed E-state index contributed by atoms with van der Waals surface area (Å²) in [5, 5.41) is 0. The molecule has 3 nitrogen and oxygen atoms in total. The smallest absolute Gasteiger partial charge is 0.159 e. The van der Waals surface area contributed by atoms with E-state index in [1.165, 1.54) is 5.56 Å². The lowest BCUT2D eigenvalue weighted by molar-refractivity contribution is 0.790. The molecule has 100 valence electrons. The van der Waals surface area contributed by atoms with Gasteiger partial charge in [-0.2, -0.15) is 0 Å². The standard InChI is InChI=1S/C16H21N3/c1-10(2)13-5-7-14(8-6-13)16-18-9-15(11(3)17)12(4)19-16/h5-11H,17H2,1-4H3/t11-/m0/s1. The van der Waals surface area contributed by atoms with Crippen LogP contribution in [0.1, 0.15) is 49.6 Å². The first-order valence-electron chi connectivity index (χ1n) is 6.68. The second-order valence-corrected chi connectivity index (χ2v) is 5.30. The number of aromatic nitrogens is 2. The lowest BCUT2D eigenvalue weighted by atomic mass is 10.0. The number of nitrogens with zero attached hydrogens (tertiary/aromatic N) is 2. The van der Waals surface area contributed by atoms with E-state index in [1.807, 2.05) is 20.0 Å². The van der Waals surface area contributed by atoms with Gasteiger partial charge in [-0.3, -0.25) is 0 Å². The van der Waals surface area contributed by atoms with Crippen LogP contribution in [0, 0.1) is 6.92 Å². The van der Waals surface area contributed by atoms with Crippen molar-refractivity contribution in [2.75, 3.05) is 0 Å². The molecule has 0 saturated heterocycles. The van der Waals surface area contributed by atoms with Crippen LogP contribution in [0.2, 0.25) is 0 Å². The van der Waals surface area contributed by atoms with E-state index < -0.39 is 0 Å². The molecule has 19 heavy (non-hydrogen) atoms. The van der Waals surface area contributed by atoms with Gasteiger partial charge in [-0.15, -0.1) is 0 Å². The minimum Gasteiger partial charge on any atom is -0.324 e. The average Bonchev–Trinajstić information content (AvgIpc) is 2.38. The number of aryl methyl sites for hydroxylation is 1. The summed E-state index contributed by atoms with van der Waals surface area (Å²) in [5.41, 5.74) is 10.2. The maximum Gasteiger partial charge on any atom is 0.159 e. The van der Waals surface area contributed by atoms with Crippen LogP contribution in [0.25, 0.3) is 11.4 Å². The van der Waals surface area contributed by atoms with Gasteiger partial charge >= 0.3 is 0 Å². The molecule has 0 spiro atoms. The fourth-order valence-corrected chi connectivity index (χ4v) is 2.08. The Bertz CT molecular complexity index is 557. The minimum atomic E-state index is -0.0302. The van der Waals surface area contributed by atoms with E-state index in [0.29, 0.717) is 5.92 Å². The Hall–Kier alpha value is -1.74. The van der Waals surface area contributed by atoms with Crippen molar-refractivity contribution in [2.45, 2.75) is 39.7 Å². The first-order chi connectivity index (χ1) is 8.99. The molecule has 0 aliphatic carbocycles. The third kappa shape index (κ3) is 2.99. The maximum atomic E-state index is 5.88. The van der Waals surface area contributed by atoms with Crippen molar-refractivity contribution in [3.8, 4) is 11.4 Å². The normalized spacial score (nSPS) is 12.7. The van der Waals surface area contributed by atoms with Crippen LogP contribution in [0.5, 0.6) is 0 Å². The topological polar surface area (TPSA) is 51.8 Å². The largest absolute Gasteiger partial charge is 0.324 e. The lowest BCUT2D eigenvalue weighted by Gasteiger charge is -2.10. The van der Waals surface area contributed by atoms with Crippen molar-refractivity contribution in [2.24, 2.45) is 5.73 Å². The molecule has 0 aliphatic rings. The van der Waals surface area contributed by atoms with Gasteiger partial charge in [0.15, 0.2) is 5.82 Å². The van der Waals surface area contributed by atoms with Gasteiger partial charge in [0.25, 0.3) is 0 Å². The van der Waals surface area contributed by atoms with Crippen LogP contribution in [-0.4, -0.2) is 9.97 Å². The predicted molar refractivity (Wildman–Crippen MR) is 78.9 cm³/mol. The summed E-state index contributed by atoms with van der Waals surface area (Å²) in [6.45, 7) is 8.30. The second-order valence-electron chi connectivity index (χ2n) is 5.30. The maximum absolute atomic E-state index is 5.88. The van der Waals surface area contributed by atoms with Crippen LogP contribution in [-0.2, 0) is 0 Å². The third-order valence-electron chi connectivity index (χ3n) is 3.34. The molecule has 1 atom stereocenters. The fourth-order valence-electron chi connectivity index (χ4n) is 2.08. The molecule has 0 unspecified atom stereocenters. The Labute approximate surface area is 114 Å². The zero-order chi connectivity index (χ0) is 14.0. The highest BCUT2D eigenvalue weighted by atomic mass is 14.9. The molecule has 3 heteroatoms. The van der Waals surface area contributed by atoms with E-state index in [-0.39, 0.29) is 6.04 Å². The quantitative estimate of drug-likeness (QED) is 0.911. The van der Waals surface area contributed by atoms with Gasteiger partial charge in [0, 0.05) is 29.1 Å². The summed E-state index contributed by atoms with van der Waals surface area (Å²) >= 11 is 0. The summed E-state index contributed by atoms with van der Waals surface area (Å²) in [4.78, 5) is 8.96. The Kier molecular flexibility index (Phi) is 3.96. The van der Waals surface area contributed by atoms with E-state index in [4.69, 9.17) is 5.73 Å². The Balaban J connectivity index is 2.34. The number of nitrogens with two attached hydrogens (primary N) is 1. The van der Waals surface area contributed by atoms with E-state index >= 15 is 0 Å². The zero-order valence-corrected chi connectivity index (χ0v) is 12.0. The molecule has 0 radical (unpaired) electrons. The number of hydrogen-bond donors (Lipinski definition) is 1. The Morgan fingerprint density at radius 2 is 1.68 bits per heavy atom. The van der Waals surface area contributed by atoms with E-state index in [9.17, 15) is 0 Å². The van der Waals surface area contributed by atoms with Crippen LogP contribution in [0.15, 0.2) is 30.5 Å². The summed E-state index contributed by atoms with van der Waals surface area (Å²) in [7, 11) is 0. The molecule has 0 amide bonds. The van der Waals surface area contributed by atoms with Crippen LogP contribution in [0.4, 0.5) is 0 Å². The van der Waals surface area contributed by atoms with Gasteiger partial charge in [-0.25, -0.2) is 9.97 Å². The van der Waals surface area contributed by atoms with Crippen molar-refractivity contribution in [1.29, 1.82) is 0 Å². The molecular weight excluding hydrogens is 234 g/mol. The summed E-state index contributed by atoms with van der Waals surface area (Å²) < 4.78 is 0. The predicted octanol–water partition coefficient (Wildman–Crippen LogP) is 3.60. The number of benzene rings is 1. The molecule has 2 N–H and O–H groups in total. The van der Waals surface area contributed by atoms with Crippen molar-refractivity contribution in [1.82, 2.24) is 9.97 Å². The van der Waals surface area contributed by atoms with Crippen LogP contribution < -0.4 is 5.73 Å². The Morgan fingerprint density at radius 1 is 1.05 bits per heavy atom. The van der Waals surface area contributed by atoms with Crippen LogP contribution >= 0.6 is 0 Å². The van der Waals surface area contributed by atoms with E-state index in [1.54, 1.807) is 0 Å². The van der Waals surface area contributed by atoms with Gasteiger partial charge in [0.2, 0.25) is 0 Å². The first kappa shape index (κ1) is 13.7. The average molecular weight is 255 g/mol. The number of rotatable bonds is 3. The highest BCUT2D eigenvalue weighted by molar-refractivity contribution is 5.55. The van der Waals surface area contributed by atoms with Crippen molar-refractivity contribution in [3.63, 3.8) is 0 Å². The van der Waals surface area contributed by atoms with Crippen LogP contribution in [0.3, 0.4) is 0 Å². The summed E-state index contributed by atoms with van der Waals surface area (Å²) in [6.07, 6.45) is 1.83. The molecule has 1 aromatic heterocycles. The summed E-state index contributed by atoms with van der Waals surface area (Å²) in [6, 6.07) is 8.40.